The molecule has 0 aliphatic carbocycles. The van der Waals surface area contributed by atoms with Gasteiger partial charge in [-0.2, -0.15) is 0 Å². The molecule has 9 nitrogen and oxygen atoms in total. The molecule has 184 valence electrons. The summed E-state index contributed by atoms with van der Waals surface area (Å²) in [4.78, 5) is 36.8. The Balaban J connectivity index is 1.51. The van der Waals surface area contributed by atoms with Gasteiger partial charge in [0.05, 0.1) is 23.6 Å². The number of urea groups is 1. The molecular formula is C26H22ClN3O6. The second-order valence-corrected chi connectivity index (χ2v) is 8.52. The van der Waals surface area contributed by atoms with Crippen LogP contribution in [0.3, 0.4) is 0 Å². The predicted octanol–water partition coefficient (Wildman–Crippen LogP) is 5.24. The number of hydrogen-bond donors (Lipinski definition) is 1. The molecule has 1 saturated heterocycles. The first-order chi connectivity index (χ1) is 17.2. The van der Waals surface area contributed by atoms with E-state index >= 15 is 0 Å². The van der Waals surface area contributed by atoms with Gasteiger partial charge in [0.15, 0.2) is 11.5 Å². The Bertz CT molecular complexity index is 1370. The molecule has 1 aliphatic rings. The highest BCUT2D eigenvalue weighted by Crippen LogP contribution is 2.37. The Morgan fingerprint density at radius 2 is 1.83 bits per heavy atom. The highest BCUT2D eigenvalue weighted by molar-refractivity contribution is 6.32. The summed E-state index contributed by atoms with van der Waals surface area (Å²) in [6.07, 6.45) is 1.52. The van der Waals surface area contributed by atoms with Crippen molar-refractivity contribution in [2.45, 2.75) is 20.1 Å². The first kappa shape index (κ1) is 24.7. The van der Waals surface area contributed by atoms with Crippen molar-refractivity contribution in [3.63, 3.8) is 0 Å². The van der Waals surface area contributed by atoms with Gasteiger partial charge in [0.2, 0.25) is 0 Å². The summed E-state index contributed by atoms with van der Waals surface area (Å²) in [5.74, 6) is 0.155. The second kappa shape index (κ2) is 10.5. The number of imide groups is 1. The number of amides is 3. The van der Waals surface area contributed by atoms with E-state index < -0.39 is 16.9 Å². The minimum atomic E-state index is -0.506. The van der Waals surface area contributed by atoms with Crippen molar-refractivity contribution >= 4 is 35.3 Å². The maximum Gasteiger partial charge on any atom is 0.329 e. The lowest BCUT2D eigenvalue weighted by molar-refractivity contribution is -0.384. The van der Waals surface area contributed by atoms with Crippen molar-refractivity contribution in [1.29, 1.82) is 0 Å². The van der Waals surface area contributed by atoms with Crippen LogP contribution in [0.5, 0.6) is 11.5 Å². The van der Waals surface area contributed by atoms with Crippen LogP contribution in [0.1, 0.15) is 22.3 Å². The zero-order valence-electron chi connectivity index (χ0n) is 19.5. The van der Waals surface area contributed by atoms with Crippen molar-refractivity contribution in [1.82, 2.24) is 10.2 Å². The fourth-order valence-corrected chi connectivity index (χ4v) is 3.98. The summed E-state index contributed by atoms with van der Waals surface area (Å²) < 4.78 is 11.2. The van der Waals surface area contributed by atoms with Gasteiger partial charge >= 0.3 is 6.03 Å². The number of carbonyl (C=O) groups is 2. The molecular weight excluding hydrogens is 486 g/mol. The number of non-ortho nitro benzene ring substituents is 1. The molecule has 4 rings (SSSR count). The number of nitrogens with one attached hydrogen (secondary N) is 1. The van der Waals surface area contributed by atoms with E-state index in [4.69, 9.17) is 21.1 Å². The van der Waals surface area contributed by atoms with Crippen LogP contribution in [-0.4, -0.2) is 28.9 Å². The summed E-state index contributed by atoms with van der Waals surface area (Å²) in [6, 6.07) is 16.3. The van der Waals surface area contributed by atoms with Crippen LogP contribution in [0, 0.1) is 17.0 Å². The van der Waals surface area contributed by atoms with Gasteiger partial charge in [-0.1, -0.05) is 41.4 Å². The average Bonchev–Trinajstić information content (AvgIpc) is 3.10. The Hall–Kier alpha value is -4.37. The van der Waals surface area contributed by atoms with E-state index in [-0.39, 0.29) is 35.3 Å². The van der Waals surface area contributed by atoms with Crippen molar-refractivity contribution in [2.75, 3.05) is 7.11 Å². The number of nitrogens with zero attached hydrogens (tertiary/aromatic N) is 2. The van der Waals surface area contributed by atoms with Crippen LogP contribution in [-0.2, 0) is 17.9 Å². The molecule has 10 heteroatoms. The molecule has 0 saturated carbocycles. The maximum atomic E-state index is 12.9. The molecule has 1 fully saturated rings. The summed E-state index contributed by atoms with van der Waals surface area (Å²) in [7, 11) is 1.45. The third kappa shape index (κ3) is 5.47. The molecule has 1 aliphatic heterocycles. The summed E-state index contributed by atoms with van der Waals surface area (Å²) in [6.45, 7) is 2.21. The second-order valence-electron chi connectivity index (χ2n) is 8.11. The number of nitro benzene ring substituents is 1. The molecule has 0 aromatic heterocycles. The predicted molar refractivity (Wildman–Crippen MR) is 134 cm³/mol. The molecule has 0 atom stereocenters. The van der Waals surface area contributed by atoms with Crippen LogP contribution >= 0.6 is 11.6 Å². The Morgan fingerprint density at radius 3 is 2.50 bits per heavy atom. The van der Waals surface area contributed by atoms with Gasteiger partial charge in [-0.25, -0.2) is 4.79 Å². The van der Waals surface area contributed by atoms with Gasteiger partial charge in [0.1, 0.15) is 12.3 Å². The normalized spacial score (nSPS) is 14.2. The Morgan fingerprint density at radius 1 is 1.08 bits per heavy atom. The first-order valence-electron chi connectivity index (χ1n) is 10.9. The van der Waals surface area contributed by atoms with E-state index in [1.807, 2.05) is 31.2 Å². The monoisotopic (exact) mass is 507 g/mol. The highest BCUT2D eigenvalue weighted by Gasteiger charge is 2.33. The molecule has 1 heterocycles. The van der Waals surface area contributed by atoms with E-state index in [0.717, 1.165) is 16.0 Å². The van der Waals surface area contributed by atoms with E-state index in [1.54, 1.807) is 24.3 Å². The molecule has 0 unspecified atom stereocenters. The molecule has 0 spiro atoms. The van der Waals surface area contributed by atoms with Crippen molar-refractivity contribution in [3.05, 3.63) is 104 Å². The minimum Gasteiger partial charge on any atom is -0.493 e. The van der Waals surface area contributed by atoms with Gasteiger partial charge in [0, 0.05) is 12.1 Å². The average molecular weight is 508 g/mol. The van der Waals surface area contributed by atoms with E-state index in [9.17, 15) is 19.7 Å². The van der Waals surface area contributed by atoms with Crippen molar-refractivity contribution in [3.8, 4) is 11.5 Å². The zero-order valence-corrected chi connectivity index (χ0v) is 20.2. The summed E-state index contributed by atoms with van der Waals surface area (Å²) in [5, 5.41) is 13.7. The third-order valence-electron chi connectivity index (χ3n) is 5.48. The molecule has 0 bridgehead atoms. The van der Waals surface area contributed by atoms with E-state index in [1.165, 1.54) is 25.3 Å². The summed E-state index contributed by atoms with van der Waals surface area (Å²) in [5.41, 5.74) is 3.22. The van der Waals surface area contributed by atoms with Gasteiger partial charge in [-0.15, -0.1) is 0 Å². The lowest BCUT2D eigenvalue weighted by Crippen LogP contribution is -2.30. The molecule has 3 aromatic carbocycles. The molecule has 3 amide bonds. The third-order valence-corrected chi connectivity index (χ3v) is 5.76. The number of halogens is 1. The van der Waals surface area contributed by atoms with Crippen LogP contribution in [0.25, 0.3) is 6.08 Å². The fourth-order valence-electron chi connectivity index (χ4n) is 3.71. The van der Waals surface area contributed by atoms with Gasteiger partial charge in [-0.3, -0.25) is 19.8 Å². The minimum absolute atomic E-state index is 0.0160. The zero-order chi connectivity index (χ0) is 25.8. The topological polar surface area (TPSA) is 111 Å². The van der Waals surface area contributed by atoms with Crippen molar-refractivity contribution in [2.24, 2.45) is 0 Å². The Kier molecular flexibility index (Phi) is 7.21. The number of nitro groups is 1. The quantitative estimate of drug-likeness (QED) is 0.193. The molecule has 36 heavy (non-hydrogen) atoms. The SMILES string of the molecule is COc1cc(/C=C2/NC(=O)N(Cc3cccc(C)c3)C2=O)cc(Cl)c1OCc1ccc([N+](=O)[O-])cc1. The van der Waals surface area contributed by atoms with Gasteiger partial charge < -0.3 is 14.8 Å². The largest absolute Gasteiger partial charge is 0.493 e. The van der Waals surface area contributed by atoms with Crippen LogP contribution < -0.4 is 14.8 Å². The van der Waals surface area contributed by atoms with E-state index in [2.05, 4.69) is 5.32 Å². The van der Waals surface area contributed by atoms with Crippen molar-refractivity contribution < 1.29 is 24.0 Å². The van der Waals surface area contributed by atoms with E-state index in [0.29, 0.717) is 16.9 Å². The molecule has 0 radical (unpaired) electrons. The lowest BCUT2D eigenvalue weighted by Gasteiger charge is -2.14. The number of hydrogen-bond acceptors (Lipinski definition) is 6. The van der Waals surface area contributed by atoms with Crippen LogP contribution in [0.15, 0.2) is 66.4 Å². The van der Waals surface area contributed by atoms with Gasteiger partial charge in [0.25, 0.3) is 11.6 Å². The number of rotatable bonds is 8. The number of benzene rings is 3. The number of methoxy groups -OCH3 is 1. The number of aryl methyl sites for hydroxylation is 1. The smallest absolute Gasteiger partial charge is 0.329 e. The number of ether oxygens (including phenoxy) is 2. The van der Waals surface area contributed by atoms with Crippen LogP contribution in [0.4, 0.5) is 10.5 Å². The number of carbonyl (C=O) groups excluding carboxylic acids is 2. The standard InChI is InChI=1S/C26H22ClN3O6/c1-16-4-3-5-18(10-16)14-29-25(31)22(28-26(29)32)12-19-11-21(27)24(23(13-19)35-2)36-15-17-6-8-20(9-7-17)30(33)34/h3-13H,14-15H2,1-2H3,(H,28,32)/b22-12+. The fraction of sp³-hybridized carbons (Fsp3) is 0.154. The maximum absolute atomic E-state index is 12.9. The highest BCUT2D eigenvalue weighted by atomic mass is 35.5. The van der Waals surface area contributed by atoms with Crippen LogP contribution in [0.2, 0.25) is 5.02 Å². The molecule has 3 aromatic rings. The first-order valence-corrected chi connectivity index (χ1v) is 11.3. The van der Waals surface area contributed by atoms with Gasteiger partial charge in [-0.05, 0) is 54.0 Å². The Labute approximate surface area is 212 Å². The summed E-state index contributed by atoms with van der Waals surface area (Å²) >= 11 is 6.44. The lowest BCUT2D eigenvalue weighted by atomic mass is 10.1. The molecule has 1 N–H and O–H groups in total.